The van der Waals surface area contributed by atoms with Crippen molar-refractivity contribution < 1.29 is 8.42 Å². The molecule has 0 bridgehead atoms. The van der Waals surface area contributed by atoms with Crippen LogP contribution in [0.2, 0.25) is 0 Å². The van der Waals surface area contributed by atoms with Crippen molar-refractivity contribution in [3.63, 3.8) is 0 Å². The van der Waals surface area contributed by atoms with Gasteiger partial charge in [0, 0.05) is 36.3 Å². The number of sulfonamides is 1. The number of thioether (sulfide) groups is 1. The molecule has 1 aromatic rings. The molecule has 1 aromatic heterocycles. The van der Waals surface area contributed by atoms with E-state index in [1.165, 1.54) is 0 Å². The topological polar surface area (TPSA) is 77.1 Å². The smallest absolute Gasteiger partial charge is 0.242 e. The summed E-state index contributed by atoms with van der Waals surface area (Å²) in [6.45, 7) is 3.21. The molecule has 1 aliphatic rings. The van der Waals surface area contributed by atoms with Crippen molar-refractivity contribution in [3.8, 4) is 0 Å². The summed E-state index contributed by atoms with van der Waals surface area (Å²) >= 11 is 1.82. The SMILES string of the molecule is CCCn1cc(S(=O)(=O)NC2CCC(SC)C2)cc1CN. The van der Waals surface area contributed by atoms with Gasteiger partial charge in [-0.25, -0.2) is 13.1 Å². The molecular weight excluding hydrogens is 306 g/mol. The average molecular weight is 332 g/mol. The van der Waals surface area contributed by atoms with Gasteiger partial charge in [0.25, 0.3) is 0 Å². The highest BCUT2D eigenvalue weighted by molar-refractivity contribution is 7.99. The number of hydrogen-bond donors (Lipinski definition) is 2. The van der Waals surface area contributed by atoms with Gasteiger partial charge in [-0.15, -0.1) is 0 Å². The van der Waals surface area contributed by atoms with Gasteiger partial charge in [0.1, 0.15) is 0 Å². The summed E-state index contributed by atoms with van der Waals surface area (Å²) in [5.41, 5.74) is 6.56. The third-order valence-corrected chi connectivity index (χ3v) is 6.57. The maximum absolute atomic E-state index is 12.5. The molecule has 0 spiro atoms. The molecule has 21 heavy (non-hydrogen) atoms. The predicted octanol–water partition coefficient (Wildman–Crippen LogP) is 1.92. The van der Waals surface area contributed by atoms with Crippen LogP contribution in [0.25, 0.3) is 0 Å². The van der Waals surface area contributed by atoms with Crippen LogP contribution < -0.4 is 10.5 Å². The summed E-state index contributed by atoms with van der Waals surface area (Å²) < 4.78 is 29.8. The lowest BCUT2D eigenvalue weighted by Gasteiger charge is -2.12. The number of aryl methyl sites for hydroxylation is 1. The maximum atomic E-state index is 12.5. The molecule has 2 atom stereocenters. The largest absolute Gasteiger partial charge is 0.349 e. The molecule has 1 aliphatic carbocycles. The Labute approximate surface area is 131 Å². The van der Waals surface area contributed by atoms with E-state index in [9.17, 15) is 8.42 Å². The highest BCUT2D eigenvalue weighted by atomic mass is 32.2. The summed E-state index contributed by atoms with van der Waals surface area (Å²) in [5.74, 6) is 0. The molecule has 3 N–H and O–H groups in total. The van der Waals surface area contributed by atoms with Gasteiger partial charge in [0.2, 0.25) is 10.0 Å². The Hall–Kier alpha value is -0.500. The zero-order valence-electron chi connectivity index (χ0n) is 12.7. The number of nitrogens with zero attached hydrogens (tertiary/aromatic N) is 1. The van der Waals surface area contributed by atoms with Crippen molar-refractivity contribution >= 4 is 21.8 Å². The minimum absolute atomic E-state index is 0.0586. The minimum Gasteiger partial charge on any atom is -0.349 e. The molecule has 2 rings (SSSR count). The molecule has 1 saturated carbocycles. The van der Waals surface area contributed by atoms with E-state index in [0.29, 0.717) is 16.7 Å². The van der Waals surface area contributed by atoms with E-state index in [1.54, 1.807) is 12.3 Å². The van der Waals surface area contributed by atoms with Crippen LogP contribution in [0.15, 0.2) is 17.2 Å². The second-order valence-electron chi connectivity index (χ2n) is 5.55. The normalized spacial score (nSPS) is 22.8. The van der Waals surface area contributed by atoms with E-state index in [1.807, 2.05) is 16.3 Å². The summed E-state index contributed by atoms with van der Waals surface area (Å²) in [4.78, 5) is 0.337. The predicted molar refractivity (Wildman–Crippen MR) is 87.9 cm³/mol. The third kappa shape index (κ3) is 4.03. The molecule has 120 valence electrons. The van der Waals surface area contributed by atoms with Crippen LogP contribution in [0.4, 0.5) is 0 Å². The van der Waals surface area contributed by atoms with Crippen molar-refractivity contribution in [1.82, 2.24) is 9.29 Å². The second-order valence-corrected chi connectivity index (χ2v) is 8.41. The van der Waals surface area contributed by atoms with Crippen LogP contribution in [0.3, 0.4) is 0 Å². The Bertz CT molecular complexity index is 569. The summed E-state index contributed by atoms with van der Waals surface area (Å²) in [7, 11) is -3.44. The molecule has 2 unspecified atom stereocenters. The van der Waals surface area contributed by atoms with Gasteiger partial charge in [0.05, 0.1) is 4.90 Å². The Balaban J connectivity index is 2.12. The number of nitrogens with two attached hydrogens (primary N) is 1. The fraction of sp³-hybridized carbons (Fsp3) is 0.714. The molecule has 0 aromatic carbocycles. The van der Waals surface area contributed by atoms with Crippen molar-refractivity contribution in [2.45, 2.75) is 61.9 Å². The number of hydrogen-bond acceptors (Lipinski definition) is 4. The van der Waals surface area contributed by atoms with E-state index in [0.717, 1.165) is 37.9 Å². The van der Waals surface area contributed by atoms with Gasteiger partial charge in [-0.3, -0.25) is 0 Å². The fourth-order valence-corrected chi connectivity index (χ4v) is 4.98. The van der Waals surface area contributed by atoms with Crippen LogP contribution in [0.5, 0.6) is 0 Å². The lowest BCUT2D eigenvalue weighted by Crippen LogP contribution is -2.33. The minimum atomic E-state index is -3.44. The molecule has 0 aliphatic heterocycles. The van der Waals surface area contributed by atoms with Crippen molar-refractivity contribution in [3.05, 3.63) is 18.0 Å². The first-order valence-electron chi connectivity index (χ1n) is 7.44. The van der Waals surface area contributed by atoms with Gasteiger partial charge >= 0.3 is 0 Å². The first kappa shape index (κ1) is 16.9. The van der Waals surface area contributed by atoms with Gasteiger partial charge in [-0.05, 0) is 38.0 Å². The summed E-state index contributed by atoms with van der Waals surface area (Å²) in [6.07, 6.45) is 7.66. The zero-order chi connectivity index (χ0) is 15.5. The lowest BCUT2D eigenvalue weighted by atomic mass is 10.3. The van der Waals surface area contributed by atoms with E-state index < -0.39 is 10.0 Å². The quantitative estimate of drug-likeness (QED) is 0.800. The van der Waals surface area contributed by atoms with Crippen LogP contribution in [0, 0.1) is 0 Å². The van der Waals surface area contributed by atoms with Crippen molar-refractivity contribution in [1.29, 1.82) is 0 Å². The van der Waals surface area contributed by atoms with Gasteiger partial charge in [0.15, 0.2) is 0 Å². The van der Waals surface area contributed by atoms with Crippen LogP contribution in [-0.4, -0.2) is 30.5 Å². The lowest BCUT2D eigenvalue weighted by molar-refractivity contribution is 0.552. The standard InChI is InChI=1S/C14H25N3O2S2/c1-3-6-17-10-14(8-12(17)9-15)21(18,19)16-11-4-5-13(7-11)20-2/h8,10-11,13,16H,3-7,9,15H2,1-2H3. The summed E-state index contributed by atoms with van der Waals surface area (Å²) in [5, 5.41) is 0.571. The van der Waals surface area contributed by atoms with Crippen LogP contribution >= 0.6 is 11.8 Å². The second kappa shape index (κ2) is 7.17. The van der Waals surface area contributed by atoms with Crippen molar-refractivity contribution in [2.75, 3.05) is 6.26 Å². The Morgan fingerprint density at radius 1 is 1.48 bits per heavy atom. The monoisotopic (exact) mass is 331 g/mol. The number of rotatable bonds is 7. The maximum Gasteiger partial charge on any atom is 0.242 e. The first-order valence-corrected chi connectivity index (χ1v) is 10.2. The molecule has 1 fully saturated rings. The van der Waals surface area contributed by atoms with Crippen molar-refractivity contribution in [2.24, 2.45) is 5.73 Å². The molecule has 0 amide bonds. The fourth-order valence-electron chi connectivity index (χ4n) is 2.84. The number of nitrogens with one attached hydrogen (secondary N) is 1. The van der Waals surface area contributed by atoms with Gasteiger partial charge in [-0.1, -0.05) is 6.92 Å². The molecule has 5 nitrogen and oxygen atoms in total. The van der Waals surface area contributed by atoms with E-state index >= 15 is 0 Å². The first-order chi connectivity index (χ1) is 10.00. The molecule has 7 heteroatoms. The Morgan fingerprint density at radius 3 is 2.81 bits per heavy atom. The van der Waals surface area contributed by atoms with E-state index in [4.69, 9.17) is 5.73 Å². The highest BCUT2D eigenvalue weighted by Gasteiger charge is 2.29. The molecule has 0 saturated heterocycles. The van der Waals surface area contributed by atoms with Gasteiger partial charge < -0.3 is 10.3 Å². The number of aromatic nitrogens is 1. The molecule has 0 radical (unpaired) electrons. The molecular formula is C14H25N3O2S2. The average Bonchev–Trinajstić information content (AvgIpc) is 3.05. The molecule has 1 heterocycles. The zero-order valence-corrected chi connectivity index (χ0v) is 14.3. The summed E-state index contributed by atoms with van der Waals surface area (Å²) in [6, 6.07) is 1.75. The van der Waals surface area contributed by atoms with E-state index in [2.05, 4.69) is 17.9 Å². The highest BCUT2D eigenvalue weighted by Crippen LogP contribution is 2.29. The van der Waals surface area contributed by atoms with E-state index in [-0.39, 0.29) is 6.04 Å². The van der Waals surface area contributed by atoms with Gasteiger partial charge in [-0.2, -0.15) is 11.8 Å². The third-order valence-electron chi connectivity index (χ3n) is 3.98. The van der Waals surface area contributed by atoms with Crippen LogP contribution in [-0.2, 0) is 23.1 Å². The Kier molecular flexibility index (Phi) is 5.76. The van der Waals surface area contributed by atoms with Crippen LogP contribution in [0.1, 0.15) is 38.3 Å². The Morgan fingerprint density at radius 2 is 2.24 bits per heavy atom.